The fourth-order valence-electron chi connectivity index (χ4n) is 2.86. The van der Waals surface area contributed by atoms with Gasteiger partial charge in [-0.05, 0) is 56.1 Å². The third-order valence-electron chi connectivity index (χ3n) is 4.02. The molecule has 1 aliphatic heterocycles. The predicted octanol–water partition coefficient (Wildman–Crippen LogP) is 4.17. The quantitative estimate of drug-likeness (QED) is 0.815. The van der Waals surface area contributed by atoms with E-state index >= 15 is 0 Å². The lowest BCUT2D eigenvalue weighted by molar-refractivity contribution is 0.305. The summed E-state index contributed by atoms with van der Waals surface area (Å²) in [5.74, 6) is 0.946. The van der Waals surface area contributed by atoms with Crippen molar-refractivity contribution in [1.29, 1.82) is 0 Å². The first-order valence-corrected chi connectivity index (χ1v) is 7.79. The van der Waals surface area contributed by atoms with Gasteiger partial charge in [0.2, 0.25) is 0 Å². The fourth-order valence-corrected chi connectivity index (χ4v) is 2.86. The molecule has 0 atom stereocenters. The fraction of sp³-hybridized carbons (Fsp3) is 0.368. The second kappa shape index (κ2) is 6.77. The van der Waals surface area contributed by atoms with Gasteiger partial charge in [-0.2, -0.15) is 0 Å². The van der Waals surface area contributed by atoms with Crippen molar-refractivity contribution in [2.45, 2.75) is 32.9 Å². The summed E-state index contributed by atoms with van der Waals surface area (Å²) < 4.78 is 5.86. The molecule has 2 nitrogen and oxygen atoms in total. The average molecular weight is 281 g/mol. The molecule has 2 heteroatoms. The molecule has 110 valence electrons. The monoisotopic (exact) mass is 281 g/mol. The number of hydrogen-bond donors (Lipinski definition) is 0. The van der Waals surface area contributed by atoms with E-state index in [9.17, 15) is 0 Å². The average Bonchev–Trinajstić information content (AvgIpc) is 3.00. The Balaban J connectivity index is 1.54. The zero-order valence-corrected chi connectivity index (χ0v) is 12.7. The first kappa shape index (κ1) is 14.2. The molecule has 0 radical (unpaired) electrons. The molecule has 0 amide bonds. The van der Waals surface area contributed by atoms with Crippen LogP contribution < -0.4 is 4.74 Å². The highest BCUT2D eigenvalue weighted by molar-refractivity contribution is 5.28. The second-order valence-electron chi connectivity index (χ2n) is 5.90. The van der Waals surface area contributed by atoms with Gasteiger partial charge in [0.25, 0.3) is 0 Å². The van der Waals surface area contributed by atoms with Gasteiger partial charge in [-0.15, -0.1) is 0 Å². The van der Waals surface area contributed by atoms with Crippen LogP contribution in [0.2, 0.25) is 0 Å². The largest absolute Gasteiger partial charge is 0.489 e. The first-order valence-electron chi connectivity index (χ1n) is 7.79. The van der Waals surface area contributed by atoms with Crippen LogP contribution in [0.1, 0.15) is 29.5 Å². The highest BCUT2D eigenvalue weighted by Gasteiger charge is 2.11. The number of aryl methyl sites for hydroxylation is 1. The van der Waals surface area contributed by atoms with Crippen molar-refractivity contribution in [1.82, 2.24) is 4.90 Å². The minimum atomic E-state index is 0.632. The summed E-state index contributed by atoms with van der Waals surface area (Å²) >= 11 is 0. The van der Waals surface area contributed by atoms with Crippen LogP contribution in [0.25, 0.3) is 0 Å². The molecule has 1 fully saturated rings. The van der Waals surface area contributed by atoms with E-state index in [0.717, 1.165) is 12.3 Å². The Morgan fingerprint density at radius 3 is 2.43 bits per heavy atom. The maximum Gasteiger partial charge on any atom is 0.119 e. The minimum absolute atomic E-state index is 0.632. The van der Waals surface area contributed by atoms with E-state index in [1.54, 1.807) is 0 Å². The van der Waals surface area contributed by atoms with Gasteiger partial charge >= 0.3 is 0 Å². The van der Waals surface area contributed by atoms with Crippen molar-refractivity contribution in [3.8, 4) is 5.75 Å². The predicted molar refractivity (Wildman–Crippen MR) is 86.5 cm³/mol. The molecule has 3 rings (SSSR count). The van der Waals surface area contributed by atoms with E-state index in [1.165, 1.54) is 42.6 Å². The molecular formula is C19H23NO. The number of hydrogen-bond acceptors (Lipinski definition) is 2. The minimum Gasteiger partial charge on any atom is -0.489 e. The summed E-state index contributed by atoms with van der Waals surface area (Å²) in [4.78, 5) is 2.52. The van der Waals surface area contributed by atoms with Crippen LogP contribution in [-0.4, -0.2) is 18.0 Å². The van der Waals surface area contributed by atoms with E-state index in [2.05, 4.69) is 60.4 Å². The molecule has 0 aliphatic carbocycles. The van der Waals surface area contributed by atoms with Gasteiger partial charge in [-0.3, -0.25) is 4.90 Å². The third-order valence-corrected chi connectivity index (χ3v) is 4.02. The molecule has 21 heavy (non-hydrogen) atoms. The Hall–Kier alpha value is -1.80. The zero-order valence-electron chi connectivity index (χ0n) is 12.7. The van der Waals surface area contributed by atoms with Gasteiger partial charge in [0.1, 0.15) is 12.4 Å². The molecule has 1 heterocycles. The van der Waals surface area contributed by atoms with Gasteiger partial charge in [0.15, 0.2) is 0 Å². The molecule has 1 aliphatic rings. The molecule has 0 bridgehead atoms. The Bertz CT molecular complexity index is 570. The Labute approximate surface area is 127 Å². The summed E-state index contributed by atoms with van der Waals surface area (Å²) in [7, 11) is 0. The standard InChI is InChI=1S/C19H23NO/c1-16-5-4-6-18(13-16)15-21-19-9-7-17(8-10-19)14-20-11-2-3-12-20/h4-10,13H,2-3,11-12,14-15H2,1H3. The van der Waals surface area contributed by atoms with Gasteiger partial charge in [-0.1, -0.05) is 42.0 Å². The summed E-state index contributed by atoms with van der Waals surface area (Å²) in [5, 5.41) is 0. The van der Waals surface area contributed by atoms with E-state index in [0.29, 0.717) is 6.61 Å². The lowest BCUT2D eigenvalue weighted by Gasteiger charge is -2.14. The summed E-state index contributed by atoms with van der Waals surface area (Å²) in [6.07, 6.45) is 2.69. The SMILES string of the molecule is Cc1cccc(COc2ccc(CN3CCCC3)cc2)c1. The summed E-state index contributed by atoms with van der Waals surface area (Å²) in [5.41, 5.74) is 3.87. The van der Waals surface area contributed by atoms with Crippen molar-refractivity contribution in [2.24, 2.45) is 0 Å². The van der Waals surface area contributed by atoms with Crippen LogP contribution in [0, 0.1) is 6.92 Å². The van der Waals surface area contributed by atoms with E-state index in [4.69, 9.17) is 4.74 Å². The molecule has 0 spiro atoms. The number of likely N-dealkylation sites (tertiary alicyclic amines) is 1. The molecule has 2 aromatic rings. The molecule has 0 saturated carbocycles. The normalized spacial score (nSPS) is 15.3. The lowest BCUT2D eigenvalue weighted by atomic mass is 10.1. The maximum atomic E-state index is 5.86. The third kappa shape index (κ3) is 4.08. The topological polar surface area (TPSA) is 12.5 Å². The number of nitrogens with zero attached hydrogens (tertiary/aromatic N) is 1. The lowest BCUT2D eigenvalue weighted by Crippen LogP contribution is -2.18. The van der Waals surface area contributed by atoms with Crippen LogP contribution in [0.5, 0.6) is 5.75 Å². The van der Waals surface area contributed by atoms with Crippen LogP contribution in [0.4, 0.5) is 0 Å². The van der Waals surface area contributed by atoms with E-state index in [-0.39, 0.29) is 0 Å². The van der Waals surface area contributed by atoms with Gasteiger partial charge in [-0.25, -0.2) is 0 Å². The summed E-state index contributed by atoms with van der Waals surface area (Å²) in [6.45, 7) is 6.29. The maximum absolute atomic E-state index is 5.86. The van der Waals surface area contributed by atoms with Crippen LogP contribution >= 0.6 is 0 Å². The second-order valence-corrected chi connectivity index (χ2v) is 5.90. The van der Waals surface area contributed by atoms with Crippen molar-refractivity contribution < 1.29 is 4.74 Å². The Morgan fingerprint density at radius 1 is 0.952 bits per heavy atom. The number of rotatable bonds is 5. The van der Waals surface area contributed by atoms with Crippen molar-refractivity contribution in [3.05, 3.63) is 65.2 Å². The van der Waals surface area contributed by atoms with Crippen molar-refractivity contribution >= 4 is 0 Å². The molecule has 0 unspecified atom stereocenters. The highest BCUT2D eigenvalue weighted by Crippen LogP contribution is 2.17. The highest BCUT2D eigenvalue weighted by atomic mass is 16.5. The van der Waals surface area contributed by atoms with Gasteiger partial charge < -0.3 is 4.74 Å². The van der Waals surface area contributed by atoms with Gasteiger partial charge in [0.05, 0.1) is 0 Å². The molecule has 2 aromatic carbocycles. The van der Waals surface area contributed by atoms with Crippen LogP contribution in [0.3, 0.4) is 0 Å². The molecule has 0 aromatic heterocycles. The van der Waals surface area contributed by atoms with E-state index < -0.39 is 0 Å². The van der Waals surface area contributed by atoms with Crippen molar-refractivity contribution in [2.75, 3.05) is 13.1 Å². The number of ether oxygens (including phenoxy) is 1. The van der Waals surface area contributed by atoms with Crippen LogP contribution in [0.15, 0.2) is 48.5 Å². The first-order chi connectivity index (χ1) is 10.3. The van der Waals surface area contributed by atoms with Crippen molar-refractivity contribution in [3.63, 3.8) is 0 Å². The molecule has 0 N–H and O–H groups in total. The molecule has 1 saturated heterocycles. The van der Waals surface area contributed by atoms with Gasteiger partial charge in [0, 0.05) is 6.54 Å². The Kier molecular flexibility index (Phi) is 4.56. The smallest absolute Gasteiger partial charge is 0.119 e. The van der Waals surface area contributed by atoms with E-state index in [1.807, 2.05) is 0 Å². The molecular weight excluding hydrogens is 258 g/mol. The summed E-state index contributed by atoms with van der Waals surface area (Å²) in [6, 6.07) is 17.0. The van der Waals surface area contributed by atoms with Crippen LogP contribution in [-0.2, 0) is 13.2 Å². The zero-order chi connectivity index (χ0) is 14.5. The Morgan fingerprint density at radius 2 is 1.71 bits per heavy atom. The number of benzene rings is 2.